The van der Waals surface area contributed by atoms with Crippen molar-refractivity contribution in [3.63, 3.8) is 0 Å². The number of ketones is 1. The number of nitriles is 1. The molecule has 0 amide bonds. The van der Waals surface area contributed by atoms with E-state index in [1.807, 2.05) is 0 Å². The van der Waals surface area contributed by atoms with Crippen LogP contribution >= 0.6 is 0 Å². The van der Waals surface area contributed by atoms with Crippen LogP contribution in [0.3, 0.4) is 0 Å². The van der Waals surface area contributed by atoms with Gasteiger partial charge >= 0.3 is 6.18 Å². The van der Waals surface area contributed by atoms with E-state index in [1.54, 1.807) is 0 Å². The van der Waals surface area contributed by atoms with Crippen molar-refractivity contribution >= 4 is 5.78 Å². The van der Waals surface area contributed by atoms with Gasteiger partial charge < -0.3 is 0 Å². The zero-order valence-electron chi connectivity index (χ0n) is 5.77. The van der Waals surface area contributed by atoms with Crippen LogP contribution in [0.5, 0.6) is 0 Å². The lowest BCUT2D eigenvalue weighted by atomic mass is 10.0. The molecule has 0 aromatic carbocycles. The molecule has 2 nitrogen and oxygen atoms in total. The molecule has 62 valence electrons. The maximum absolute atomic E-state index is 11.7. The summed E-state index contributed by atoms with van der Waals surface area (Å²) in [6.07, 6.45) is -5.20. The van der Waals surface area contributed by atoms with Gasteiger partial charge in [-0.2, -0.15) is 18.4 Å². The highest BCUT2D eigenvalue weighted by atomic mass is 19.4. The normalized spacial score (nSPS) is 13.7. The fourth-order valence-corrected chi connectivity index (χ4v) is 0.414. The second-order valence-electron chi connectivity index (χ2n) is 2.06. The van der Waals surface area contributed by atoms with Gasteiger partial charge in [-0.3, -0.25) is 4.79 Å². The number of carbonyl (C=O) groups excluding carboxylic acids is 1. The summed E-state index contributed by atoms with van der Waals surface area (Å²) < 4.78 is 35.1. The third-order valence-electron chi connectivity index (χ3n) is 1.23. The predicted molar refractivity (Wildman–Crippen MR) is 30.5 cm³/mol. The third-order valence-corrected chi connectivity index (χ3v) is 1.23. The summed E-state index contributed by atoms with van der Waals surface area (Å²) in [5.74, 6) is -3.11. The molecular formula is C6H6F3NO. The van der Waals surface area contributed by atoms with Crippen LogP contribution in [0.4, 0.5) is 13.2 Å². The zero-order chi connectivity index (χ0) is 9.07. The summed E-state index contributed by atoms with van der Waals surface area (Å²) in [4.78, 5) is 10.4. The summed E-state index contributed by atoms with van der Waals surface area (Å²) in [7, 11) is 0. The molecule has 0 aliphatic heterocycles. The molecule has 0 aromatic rings. The summed E-state index contributed by atoms with van der Waals surface area (Å²) in [5, 5.41) is 7.91. The Kier molecular flexibility index (Phi) is 3.05. The van der Waals surface area contributed by atoms with E-state index in [9.17, 15) is 18.0 Å². The third kappa shape index (κ3) is 3.03. The van der Waals surface area contributed by atoms with Gasteiger partial charge in [-0.25, -0.2) is 0 Å². The lowest BCUT2D eigenvalue weighted by Crippen LogP contribution is -2.27. The van der Waals surface area contributed by atoms with E-state index in [2.05, 4.69) is 0 Å². The number of Topliss-reactive ketones (excluding diaryl/α,β-unsaturated/α-hetero) is 1. The Labute approximate surface area is 61.6 Å². The molecule has 0 aliphatic carbocycles. The smallest absolute Gasteiger partial charge is 0.298 e. The van der Waals surface area contributed by atoms with Crippen molar-refractivity contribution in [3.05, 3.63) is 0 Å². The highest BCUT2D eigenvalue weighted by Crippen LogP contribution is 2.26. The molecule has 0 rings (SSSR count). The van der Waals surface area contributed by atoms with Crippen LogP contribution in [-0.2, 0) is 4.79 Å². The topological polar surface area (TPSA) is 40.9 Å². The largest absolute Gasteiger partial charge is 0.398 e. The Morgan fingerprint density at radius 3 is 2.36 bits per heavy atom. The van der Waals surface area contributed by atoms with E-state index < -0.39 is 24.3 Å². The average molecular weight is 165 g/mol. The molecule has 0 aromatic heterocycles. The lowest BCUT2D eigenvalue weighted by Gasteiger charge is -2.11. The van der Waals surface area contributed by atoms with Crippen LogP contribution in [0.15, 0.2) is 0 Å². The number of hydrogen-bond acceptors (Lipinski definition) is 2. The maximum atomic E-state index is 11.7. The van der Waals surface area contributed by atoms with Crippen molar-refractivity contribution in [1.29, 1.82) is 5.26 Å². The number of hydrogen-bond donors (Lipinski definition) is 0. The van der Waals surface area contributed by atoms with Crippen molar-refractivity contribution in [2.75, 3.05) is 0 Å². The van der Waals surface area contributed by atoms with E-state index in [1.165, 1.54) is 6.07 Å². The second-order valence-corrected chi connectivity index (χ2v) is 2.06. The minimum absolute atomic E-state index is 0.680. The van der Waals surface area contributed by atoms with Gasteiger partial charge in [0.15, 0.2) is 5.78 Å². The molecule has 11 heavy (non-hydrogen) atoms. The molecule has 0 saturated carbocycles. The Balaban J connectivity index is 4.17. The van der Waals surface area contributed by atoms with Gasteiger partial charge in [0.1, 0.15) is 5.92 Å². The van der Waals surface area contributed by atoms with E-state index >= 15 is 0 Å². The molecule has 1 atom stereocenters. The second kappa shape index (κ2) is 3.37. The molecular weight excluding hydrogens is 159 g/mol. The fourth-order valence-electron chi connectivity index (χ4n) is 0.414. The molecule has 5 heteroatoms. The summed E-state index contributed by atoms with van der Waals surface area (Å²) in [6, 6.07) is 1.37. The van der Waals surface area contributed by atoms with Gasteiger partial charge in [0.2, 0.25) is 0 Å². The first-order chi connectivity index (χ1) is 4.89. The maximum Gasteiger partial charge on any atom is 0.398 e. The summed E-state index contributed by atoms with van der Waals surface area (Å²) in [5.41, 5.74) is 0. The number of halogens is 3. The van der Waals surface area contributed by atoms with Crippen molar-refractivity contribution in [1.82, 2.24) is 0 Å². The molecule has 0 N–H and O–H groups in total. The molecule has 0 bridgehead atoms. The van der Waals surface area contributed by atoms with Crippen molar-refractivity contribution < 1.29 is 18.0 Å². The zero-order valence-corrected chi connectivity index (χ0v) is 5.77. The van der Waals surface area contributed by atoms with Crippen molar-refractivity contribution in [2.24, 2.45) is 5.92 Å². The number of nitrogens with zero attached hydrogens (tertiary/aromatic N) is 1. The van der Waals surface area contributed by atoms with Crippen LogP contribution < -0.4 is 0 Å². The van der Waals surface area contributed by atoms with Gasteiger partial charge in [-0.05, 0) is 6.92 Å². The Morgan fingerprint density at radius 1 is 1.64 bits per heavy atom. The lowest BCUT2D eigenvalue weighted by molar-refractivity contribution is -0.176. The molecule has 0 saturated heterocycles. The van der Waals surface area contributed by atoms with Crippen LogP contribution in [0, 0.1) is 17.2 Å². The highest BCUT2D eigenvalue weighted by Gasteiger charge is 2.40. The van der Waals surface area contributed by atoms with Crippen LogP contribution in [0.1, 0.15) is 13.3 Å². The molecule has 0 fully saturated rings. The van der Waals surface area contributed by atoms with E-state index in [0.29, 0.717) is 0 Å². The average Bonchev–Trinajstić information content (AvgIpc) is 1.85. The Morgan fingerprint density at radius 2 is 2.09 bits per heavy atom. The fraction of sp³-hybridized carbons (Fsp3) is 0.667. The highest BCUT2D eigenvalue weighted by molar-refractivity contribution is 5.83. The van der Waals surface area contributed by atoms with Crippen LogP contribution in [-0.4, -0.2) is 12.0 Å². The minimum atomic E-state index is -4.52. The molecule has 0 heterocycles. The molecule has 0 radical (unpaired) electrons. The van der Waals surface area contributed by atoms with Gasteiger partial charge in [0.05, 0.1) is 12.5 Å². The van der Waals surface area contributed by atoms with Crippen molar-refractivity contribution in [2.45, 2.75) is 19.5 Å². The standard InChI is InChI=1S/C6H6F3NO/c1-4(6(7,8)9)5(11)2-3-10/h4H,2H2,1H3. The number of alkyl halides is 3. The molecule has 0 spiro atoms. The van der Waals surface area contributed by atoms with E-state index in [0.717, 1.165) is 6.92 Å². The Bertz CT molecular complexity index is 191. The van der Waals surface area contributed by atoms with Gasteiger partial charge in [0.25, 0.3) is 0 Å². The first-order valence-electron chi connectivity index (χ1n) is 2.86. The van der Waals surface area contributed by atoms with Crippen LogP contribution in [0.2, 0.25) is 0 Å². The minimum Gasteiger partial charge on any atom is -0.298 e. The van der Waals surface area contributed by atoms with Gasteiger partial charge in [0, 0.05) is 0 Å². The summed E-state index contributed by atoms with van der Waals surface area (Å²) >= 11 is 0. The van der Waals surface area contributed by atoms with E-state index in [-0.39, 0.29) is 0 Å². The summed E-state index contributed by atoms with van der Waals surface area (Å²) in [6.45, 7) is 0.750. The predicted octanol–water partition coefficient (Wildman–Crippen LogP) is 1.67. The molecule has 1 unspecified atom stereocenters. The van der Waals surface area contributed by atoms with Crippen LogP contribution in [0.25, 0.3) is 0 Å². The Hall–Kier alpha value is -1.05. The monoisotopic (exact) mass is 165 g/mol. The molecule has 0 aliphatic rings. The van der Waals surface area contributed by atoms with Gasteiger partial charge in [-0.1, -0.05) is 0 Å². The number of rotatable bonds is 2. The van der Waals surface area contributed by atoms with Crippen molar-refractivity contribution in [3.8, 4) is 6.07 Å². The van der Waals surface area contributed by atoms with E-state index in [4.69, 9.17) is 5.26 Å². The number of carbonyl (C=O) groups is 1. The quantitative estimate of drug-likeness (QED) is 0.624. The van der Waals surface area contributed by atoms with Gasteiger partial charge in [-0.15, -0.1) is 0 Å². The SMILES string of the molecule is CC(C(=O)CC#N)C(F)(F)F. The first kappa shape index (κ1) is 9.95. The first-order valence-corrected chi connectivity index (χ1v) is 2.86.